The standard InChI is InChI=1S/C8H6ClFNO3.Po/c1-4-3-5(9)8(14-2)7(6(4)10)11(12)13;/h3H,1H2,2H3;. The van der Waals surface area contributed by atoms with Crippen molar-refractivity contribution in [2.75, 3.05) is 7.11 Å². The minimum absolute atomic E-state index is 0.0573. The summed E-state index contributed by atoms with van der Waals surface area (Å²) in [7, 11) is 1.21. The van der Waals surface area contributed by atoms with Crippen LogP contribution in [0.4, 0.5) is 10.1 Å². The molecule has 15 heavy (non-hydrogen) atoms. The van der Waals surface area contributed by atoms with Crippen LogP contribution in [0.2, 0.25) is 5.02 Å². The van der Waals surface area contributed by atoms with E-state index in [9.17, 15) is 14.5 Å². The second kappa shape index (κ2) is 5.04. The third kappa shape index (κ3) is 2.38. The Bertz CT molecular complexity index is 413. The van der Waals surface area contributed by atoms with Gasteiger partial charge >= 0.3 is 106 Å². The number of benzene rings is 1. The van der Waals surface area contributed by atoms with Gasteiger partial charge in [0.2, 0.25) is 0 Å². The van der Waals surface area contributed by atoms with Crippen LogP contribution in [-0.2, 0) is 4.08 Å². The van der Waals surface area contributed by atoms with Gasteiger partial charge in [0.15, 0.2) is 0 Å². The zero-order chi connectivity index (χ0) is 11.6. The molecule has 0 N–H and O–H groups in total. The summed E-state index contributed by atoms with van der Waals surface area (Å²) < 4.78 is 18.7. The van der Waals surface area contributed by atoms with Crippen LogP contribution in [0.3, 0.4) is 0 Å². The molecule has 0 heterocycles. The normalized spacial score (nSPS) is 10.1. The molecule has 1 aromatic rings. The van der Waals surface area contributed by atoms with E-state index in [4.69, 9.17) is 16.3 Å². The van der Waals surface area contributed by atoms with E-state index in [1.165, 1.54) is 13.2 Å². The molecule has 0 spiro atoms. The molecule has 0 saturated heterocycles. The third-order valence-electron chi connectivity index (χ3n) is 1.76. The van der Waals surface area contributed by atoms with E-state index in [1.807, 2.05) is 0 Å². The summed E-state index contributed by atoms with van der Waals surface area (Å²) in [5.74, 6) is -1.09. The Morgan fingerprint density at radius 2 is 2.33 bits per heavy atom. The van der Waals surface area contributed by atoms with Crippen molar-refractivity contribution >= 4 is 42.4 Å². The molecule has 1 aromatic carbocycles. The van der Waals surface area contributed by atoms with E-state index in [1.54, 1.807) is 0 Å². The molecule has 1 radical (unpaired) electrons. The first-order chi connectivity index (χ1) is 7.02. The number of nitrogens with zero attached hydrogens (tertiary/aromatic N) is 1. The molecular weight excluding hydrogens is 422 g/mol. The molecule has 0 aliphatic heterocycles. The number of hydrogen-bond acceptors (Lipinski definition) is 3. The monoisotopic (exact) mass is 427 g/mol. The van der Waals surface area contributed by atoms with Crippen LogP contribution in [-0.4, -0.2) is 37.1 Å². The van der Waals surface area contributed by atoms with Crippen LogP contribution in [0.15, 0.2) is 6.07 Å². The van der Waals surface area contributed by atoms with Crippen molar-refractivity contribution in [3.05, 3.63) is 32.6 Å². The number of rotatable bonds is 3. The number of nitro groups is 1. The van der Waals surface area contributed by atoms with E-state index in [-0.39, 0.29) is 16.3 Å². The zero-order valence-corrected chi connectivity index (χ0v) is 11.6. The first-order valence-corrected chi connectivity index (χ1v) is 6.42. The van der Waals surface area contributed by atoms with Crippen LogP contribution in [0.1, 0.15) is 5.56 Å². The molecule has 81 valence electrons. The Morgan fingerprint density at radius 3 is 2.73 bits per heavy atom. The molecule has 0 amide bonds. The van der Waals surface area contributed by atoms with Crippen LogP contribution < -0.4 is 4.74 Å². The molecule has 0 atom stereocenters. The van der Waals surface area contributed by atoms with E-state index in [0.29, 0.717) is 4.08 Å². The predicted molar refractivity (Wildman–Crippen MR) is 54.1 cm³/mol. The van der Waals surface area contributed by atoms with Gasteiger partial charge in [0, 0.05) is 0 Å². The second-order valence-corrected chi connectivity index (χ2v) is 4.14. The molecule has 7 heteroatoms. The van der Waals surface area contributed by atoms with Crippen LogP contribution in [0, 0.1) is 15.9 Å². The van der Waals surface area contributed by atoms with Gasteiger partial charge in [-0.1, -0.05) is 0 Å². The summed E-state index contributed by atoms with van der Waals surface area (Å²) in [6.45, 7) is 0. The van der Waals surface area contributed by atoms with E-state index in [2.05, 4.69) is 0 Å². The molecule has 0 unspecified atom stereocenters. The van der Waals surface area contributed by atoms with Crippen molar-refractivity contribution in [2.24, 2.45) is 0 Å². The van der Waals surface area contributed by atoms with Crippen LogP contribution >= 0.6 is 11.6 Å². The van der Waals surface area contributed by atoms with Gasteiger partial charge in [0.25, 0.3) is 0 Å². The average molecular weight is 428 g/mol. The molecule has 0 saturated carbocycles. The Hall–Kier alpha value is -0.464. The molecule has 4 nitrogen and oxygen atoms in total. The van der Waals surface area contributed by atoms with Gasteiger partial charge in [-0.05, 0) is 0 Å². The number of halogens is 2. The van der Waals surface area contributed by atoms with Gasteiger partial charge in [-0.15, -0.1) is 0 Å². The van der Waals surface area contributed by atoms with Gasteiger partial charge in [-0.3, -0.25) is 0 Å². The number of methoxy groups -OCH3 is 1. The minimum atomic E-state index is -0.865. The summed E-state index contributed by atoms with van der Waals surface area (Å²) in [5.41, 5.74) is -0.455. The summed E-state index contributed by atoms with van der Waals surface area (Å²) in [6, 6.07) is 1.36. The Labute approximate surface area is 106 Å². The average Bonchev–Trinajstić information content (AvgIpc) is 2.19. The molecule has 0 fully saturated rings. The van der Waals surface area contributed by atoms with Gasteiger partial charge in [0.1, 0.15) is 0 Å². The van der Waals surface area contributed by atoms with Gasteiger partial charge < -0.3 is 0 Å². The fourth-order valence-corrected chi connectivity index (χ4v) is 2.22. The molecule has 0 aliphatic carbocycles. The Balaban J connectivity index is 3.55. The van der Waals surface area contributed by atoms with Crippen LogP contribution in [0.25, 0.3) is 0 Å². The summed E-state index contributed by atoms with van der Waals surface area (Å²) in [5, 5.41) is 10.7. The fourth-order valence-electron chi connectivity index (χ4n) is 1.11. The SMILES string of the molecule is COc1c(Cl)cc([CH2][Po])c(F)c1[N+](=O)[O-]. The summed E-state index contributed by atoms with van der Waals surface area (Å²) >= 11 is 6.84. The summed E-state index contributed by atoms with van der Waals surface area (Å²) in [4.78, 5) is 9.83. The van der Waals surface area contributed by atoms with Crippen molar-refractivity contribution in [2.45, 2.75) is 4.08 Å². The number of nitro benzene ring substituents is 1. The first-order valence-electron chi connectivity index (χ1n) is 3.80. The molecule has 0 bridgehead atoms. The number of ether oxygens (including phenoxy) is 1. The van der Waals surface area contributed by atoms with E-state index < -0.39 is 16.4 Å². The maximum atomic E-state index is 13.6. The predicted octanol–water partition coefficient (Wildman–Crippen LogP) is 2.06. The number of hydrogen-bond donors (Lipinski definition) is 0. The van der Waals surface area contributed by atoms with Gasteiger partial charge in [-0.25, -0.2) is 0 Å². The van der Waals surface area contributed by atoms with Crippen molar-refractivity contribution in [3.8, 4) is 5.75 Å². The first kappa shape index (κ1) is 12.6. The Kier molecular flexibility index (Phi) is 4.24. The van der Waals surface area contributed by atoms with E-state index >= 15 is 0 Å². The fraction of sp³-hybridized carbons (Fsp3) is 0.250. The maximum absolute atomic E-state index is 13.6. The quantitative estimate of drug-likeness (QED) is 0.548. The Morgan fingerprint density at radius 1 is 1.73 bits per heavy atom. The molecular formula is C8H6ClFNO3Po. The van der Waals surface area contributed by atoms with Gasteiger partial charge in [-0.2, -0.15) is 0 Å². The van der Waals surface area contributed by atoms with Crippen LogP contribution in [0.5, 0.6) is 5.75 Å². The van der Waals surface area contributed by atoms with E-state index in [0.717, 1.165) is 25.1 Å². The van der Waals surface area contributed by atoms with Crippen molar-refractivity contribution < 1.29 is 14.1 Å². The zero-order valence-electron chi connectivity index (χ0n) is 7.62. The molecule has 1 rings (SSSR count). The van der Waals surface area contributed by atoms with Crippen molar-refractivity contribution in [1.82, 2.24) is 0 Å². The van der Waals surface area contributed by atoms with Crippen molar-refractivity contribution in [1.29, 1.82) is 0 Å². The van der Waals surface area contributed by atoms with Gasteiger partial charge in [0.05, 0.1) is 0 Å². The second-order valence-electron chi connectivity index (χ2n) is 2.61. The van der Waals surface area contributed by atoms with Crippen molar-refractivity contribution in [3.63, 3.8) is 0 Å². The summed E-state index contributed by atoms with van der Waals surface area (Å²) in [6.07, 6.45) is 0. The molecule has 0 aliphatic rings. The molecule has 0 aromatic heterocycles. The topological polar surface area (TPSA) is 52.4 Å². The third-order valence-corrected chi connectivity index (χ3v) is 3.25.